The maximum absolute atomic E-state index is 12.6. The van der Waals surface area contributed by atoms with Gasteiger partial charge < -0.3 is 10.2 Å². The number of hydrogen-bond acceptors (Lipinski definition) is 2. The van der Waals surface area contributed by atoms with Gasteiger partial charge in [-0.1, -0.05) is 26.2 Å². The Morgan fingerprint density at radius 1 is 1.14 bits per heavy atom. The molecule has 2 aliphatic carbocycles. The summed E-state index contributed by atoms with van der Waals surface area (Å²) < 4.78 is 0. The van der Waals surface area contributed by atoms with Crippen LogP contribution in [0.5, 0.6) is 0 Å². The van der Waals surface area contributed by atoms with E-state index in [2.05, 4.69) is 12.2 Å². The quantitative estimate of drug-likeness (QED) is 0.864. The lowest BCUT2D eigenvalue weighted by Crippen LogP contribution is -2.63. The van der Waals surface area contributed by atoms with E-state index < -0.39 is 0 Å². The van der Waals surface area contributed by atoms with E-state index in [1.165, 1.54) is 25.7 Å². The van der Waals surface area contributed by atoms with Crippen molar-refractivity contribution in [1.29, 1.82) is 0 Å². The van der Waals surface area contributed by atoms with E-state index >= 15 is 0 Å². The van der Waals surface area contributed by atoms with Crippen molar-refractivity contribution < 1.29 is 9.59 Å². The Labute approximate surface area is 127 Å². The van der Waals surface area contributed by atoms with Crippen LogP contribution >= 0.6 is 0 Å². The minimum atomic E-state index is -0.298. The second kappa shape index (κ2) is 5.98. The summed E-state index contributed by atoms with van der Waals surface area (Å²) in [5, 5.41) is 2.92. The van der Waals surface area contributed by atoms with Crippen LogP contribution in [0.2, 0.25) is 0 Å². The number of amides is 2. The highest BCUT2D eigenvalue weighted by atomic mass is 16.2. The van der Waals surface area contributed by atoms with Crippen molar-refractivity contribution in [2.24, 2.45) is 17.8 Å². The van der Waals surface area contributed by atoms with Crippen LogP contribution in [0.15, 0.2) is 0 Å². The first kappa shape index (κ1) is 14.9. The smallest absolute Gasteiger partial charge is 0.246 e. The molecule has 0 aromatic rings. The molecule has 1 saturated heterocycles. The number of carbonyl (C=O) groups excluding carboxylic acids is 2. The van der Waals surface area contributed by atoms with Gasteiger partial charge in [0.2, 0.25) is 11.8 Å². The first-order valence-electron chi connectivity index (χ1n) is 8.67. The van der Waals surface area contributed by atoms with Crippen LogP contribution in [0, 0.1) is 17.8 Å². The van der Waals surface area contributed by atoms with Gasteiger partial charge in [0.1, 0.15) is 12.1 Å². The van der Waals surface area contributed by atoms with Crippen molar-refractivity contribution in [2.75, 3.05) is 6.54 Å². The lowest BCUT2D eigenvalue weighted by atomic mass is 9.80. The Morgan fingerprint density at radius 2 is 1.90 bits per heavy atom. The minimum absolute atomic E-state index is 0.0310. The fourth-order valence-electron chi connectivity index (χ4n) is 4.04. The topological polar surface area (TPSA) is 49.4 Å². The zero-order valence-corrected chi connectivity index (χ0v) is 13.3. The molecule has 0 bridgehead atoms. The molecule has 0 aromatic heterocycles. The number of nitrogens with zero attached hydrogens (tertiary/aromatic N) is 1. The van der Waals surface area contributed by atoms with Gasteiger partial charge >= 0.3 is 0 Å². The van der Waals surface area contributed by atoms with Gasteiger partial charge in [-0.2, -0.15) is 0 Å². The summed E-state index contributed by atoms with van der Waals surface area (Å²) in [7, 11) is 0. The van der Waals surface area contributed by atoms with Gasteiger partial charge in [-0.05, 0) is 50.4 Å². The SMILES string of the molecule is CC1CCCC(CCN2C(=O)C(C3CC3)NC(=O)C2C)C1. The molecule has 118 valence electrons. The van der Waals surface area contributed by atoms with Crippen LogP contribution in [-0.4, -0.2) is 35.3 Å². The average Bonchev–Trinajstić information content (AvgIpc) is 3.27. The van der Waals surface area contributed by atoms with Gasteiger partial charge in [-0.15, -0.1) is 0 Å². The standard InChI is InChI=1S/C17H28N2O2/c1-11-4-3-5-13(10-11)8-9-19-12(2)16(20)18-15(17(19)21)14-6-7-14/h11-15H,3-10H2,1-2H3,(H,18,20). The summed E-state index contributed by atoms with van der Waals surface area (Å²) in [6.07, 6.45) is 8.47. The second-order valence-electron chi connectivity index (χ2n) is 7.46. The van der Waals surface area contributed by atoms with Crippen LogP contribution in [0.4, 0.5) is 0 Å². The first-order chi connectivity index (χ1) is 10.1. The van der Waals surface area contributed by atoms with Gasteiger partial charge in [0.05, 0.1) is 0 Å². The Bertz CT molecular complexity index is 419. The van der Waals surface area contributed by atoms with Crippen molar-refractivity contribution in [3.63, 3.8) is 0 Å². The highest BCUT2D eigenvalue weighted by Crippen LogP contribution is 2.36. The van der Waals surface area contributed by atoms with Crippen LogP contribution < -0.4 is 5.32 Å². The fourth-order valence-corrected chi connectivity index (χ4v) is 4.04. The van der Waals surface area contributed by atoms with Crippen molar-refractivity contribution >= 4 is 11.8 Å². The van der Waals surface area contributed by atoms with E-state index in [1.54, 1.807) is 0 Å². The van der Waals surface area contributed by atoms with E-state index in [-0.39, 0.29) is 23.9 Å². The van der Waals surface area contributed by atoms with Gasteiger partial charge in [-0.3, -0.25) is 9.59 Å². The number of nitrogens with one attached hydrogen (secondary N) is 1. The van der Waals surface area contributed by atoms with E-state index in [1.807, 2.05) is 11.8 Å². The molecule has 4 heteroatoms. The van der Waals surface area contributed by atoms with E-state index in [4.69, 9.17) is 0 Å². The molecule has 0 aromatic carbocycles. The molecule has 3 aliphatic rings. The maximum Gasteiger partial charge on any atom is 0.246 e. The highest BCUT2D eigenvalue weighted by molar-refractivity contribution is 5.97. The molecule has 4 unspecified atom stereocenters. The molecule has 2 amide bonds. The molecular weight excluding hydrogens is 264 g/mol. The number of rotatable bonds is 4. The zero-order valence-electron chi connectivity index (χ0n) is 13.3. The number of hydrogen-bond donors (Lipinski definition) is 1. The van der Waals surface area contributed by atoms with Crippen LogP contribution in [-0.2, 0) is 9.59 Å². The predicted molar refractivity (Wildman–Crippen MR) is 81.6 cm³/mol. The minimum Gasteiger partial charge on any atom is -0.342 e. The van der Waals surface area contributed by atoms with Gasteiger partial charge in [-0.25, -0.2) is 0 Å². The molecule has 0 spiro atoms. The molecule has 4 nitrogen and oxygen atoms in total. The first-order valence-corrected chi connectivity index (χ1v) is 8.67. The maximum atomic E-state index is 12.6. The Hall–Kier alpha value is -1.06. The molecule has 1 heterocycles. The summed E-state index contributed by atoms with van der Waals surface area (Å²) in [5.41, 5.74) is 0. The molecular formula is C17H28N2O2. The van der Waals surface area contributed by atoms with Crippen LogP contribution in [0.1, 0.15) is 58.8 Å². The lowest BCUT2D eigenvalue weighted by molar-refractivity contribution is -0.149. The molecule has 21 heavy (non-hydrogen) atoms. The van der Waals surface area contributed by atoms with Gasteiger partial charge in [0.15, 0.2) is 0 Å². The summed E-state index contributed by atoms with van der Waals surface area (Å²) in [6.45, 7) is 4.95. The number of carbonyl (C=O) groups is 2. The van der Waals surface area contributed by atoms with E-state index in [0.717, 1.165) is 37.6 Å². The average molecular weight is 292 g/mol. The third-order valence-electron chi connectivity index (χ3n) is 5.61. The Kier molecular flexibility index (Phi) is 4.23. The summed E-state index contributed by atoms with van der Waals surface area (Å²) in [4.78, 5) is 26.6. The van der Waals surface area contributed by atoms with Crippen molar-refractivity contribution in [3.05, 3.63) is 0 Å². The lowest BCUT2D eigenvalue weighted by Gasteiger charge is -2.38. The van der Waals surface area contributed by atoms with E-state index in [9.17, 15) is 9.59 Å². The normalized spacial score (nSPS) is 37.5. The Balaban J connectivity index is 1.59. The molecule has 3 fully saturated rings. The highest BCUT2D eigenvalue weighted by Gasteiger charge is 2.45. The molecule has 3 rings (SSSR count). The zero-order chi connectivity index (χ0) is 15.0. The molecule has 1 N–H and O–H groups in total. The second-order valence-corrected chi connectivity index (χ2v) is 7.46. The molecule has 2 saturated carbocycles. The molecule has 0 radical (unpaired) electrons. The third-order valence-corrected chi connectivity index (χ3v) is 5.61. The molecule has 1 aliphatic heterocycles. The third kappa shape index (κ3) is 3.24. The number of piperazine rings is 1. The van der Waals surface area contributed by atoms with Crippen LogP contribution in [0.25, 0.3) is 0 Å². The predicted octanol–water partition coefficient (Wildman–Crippen LogP) is 2.33. The summed E-state index contributed by atoms with van der Waals surface area (Å²) in [5.74, 6) is 2.14. The fraction of sp³-hybridized carbons (Fsp3) is 0.882. The van der Waals surface area contributed by atoms with Gasteiger partial charge in [0.25, 0.3) is 0 Å². The summed E-state index contributed by atoms with van der Waals surface area (Å²) in [6, 6.07) is -0.535. The van der Waals surface area contributed by atoms with Crippen molar-refractivity contribution in [2.45, 2.75) is 70.9 Å². The van der Waals surface area contributed by atoms with Crippen molar-refractivity contribution in [1.82, 2.24) is 10.2 Å². The van der Waals surface area contributed by atoms with Crippen molar-refractivity contribution in [3.8, 4) is 0 Å². The molecule has 4 atom stereocenters. The van der Waals surface area contributed by atoms with Gasteiger partial charge in [0, 0.05) is 6.54 Å². The van der Waals surface area contributed by atoms with E-state index in [0.29, 0.717) is 5.92 Å². The largest absolute Gasteiger partial charge is 0.342 e. The summed E-state index contributed by atoms with van der Waals surface area (Å²) >= 11 is 0. The Morgan fingerprint density at radius 3 is 2.57 bits per heavy atom. The van der Waals surface area contributed by atoms with Crippen LogP contribution in [0.3, 0.4) is 0 Å². The monoisotopic (exact) mass is 292 g/mol.